The number of nitrogens with one attached hydrogen (secondary N) is 1. The number of ether oxygens (including phenoxy) is 2. The molecule has 1 aromatic carbocycles. The second-order valence-electron chi connectivity index (χ2n) is 7.87. The lowest BCUT2D eigenvalue weighted by Crippen LogP contribution is -2.26. The van der Waals surface area contributed by atoms with Crippen LogP contribution < -0.4 is 14.8 Å². The summed E-state index contributed by atoms with van der Waals surface area (Å²) in [6.07, 6.45) is 0.581. The fourth-order valence-electron chi connectivity index (χ4n) is 4.33. The van der Waals surface area contributed by atoms with Gasteiger partial charge in [-0.3, -0.25) is 0 Å². The van der Waals surface area contributed by atoms with Gasteiger partial charge in [-0.2, -0.15) is 0 Å². The Morgan fingerprint density at radius 3 is 2.78 bits per heavy atom. The molecule has 1 heterocycles. The molecule has 2 aliphatic rings. The number of carbonyl (C=O) groups is 1. The molecule has 4 rings (SSSR count). The van der Waals surface area contributed by atoms with Crippen molar-refractivity contribution in [3.05, 3.63) is 45.8 Å². The van der Waals surface area contributed by atoms with Gasteiger partial charge in [0.25, 0.3) is 0 Å². The van der Waals surface area contributed by atoms with Crippen molar-refractivity contribution in [2.75, 3.05) is 13.3 Å². The monoisotopic (exact) mass is 389 g/mol. The van der Waals surface area contributed by atoms with Gasteiger partial charge < -0.3 is 14.8 Å². The second kappa shape index (κ2) is 6.82. The van der Waals surface area contributed by atoms with Gasteiger partial charge in [-0.1, -0.05) is 26.0 Å². The maximum Gasteiger partial charge on any atom is 0.413 e. The van der Waals surface area contributed by atoms with E-state index >= 15 is 0 Å². The van der Waals surface area contributed by atoms with Crippen molar-refractivity contribution in [2.45, 2.75) is 39.7 Å². The molecule has 0 radical (unpaired) electrons. The molecule has 1 saturated carbocycles. The van der Waals surface area contributed by atoms with Crippen LogP contribution in [0.4, 0.5) is 9.18 Å². The fourth-order valence-corrected chi connectivity index (χ4v) is 5.41. The summed E-state index contributed by atoms with van der Waals surface area (Å²) in [7, 11) is 0. The van der Waals surface area contributed by atoms with Gasteiger partial charge in [0.15, 0.2) is 5.06 Å². The van der Waals surface area contributed by atoms with E-state index < -0.39 is 12.8 Å². The van der Waals surface area contributed by atoms with E-state index in [1.807, 2.05) is 12.1 Å². The molecule has 6 heteroatoms. The summed E-state index contributed by atoms with van der Waals surface area (Å²) in [4.78, 5) is 13.5. The Hall–Kier alpha value is -2.08. The largest absolute Gasteiger partial charge is 0.491 e. The van der Waals surface area contributed by atoms with Crippen LogP contribution in [0.15, 0.2) is 24.3 Å². The number of hydrogen-bond donors (Lipinski definition) is 1. The van der Waals surface area contributed by atoms with E-state index in [1.54, 1.807) is 23.5 Å². The highest BCUT2D eigenvalue weighted by Gasteiger charge is 2.63. The van der Waals surface area contributed by atoms with Crippen LogP contribution in [-0.4, -0.2) is 19.4 Å². The molecular weight excluding hydrogens is 365 g/mol. The fraction of sp³-hybridized carbons (Fsp3) is 0.476. The van der Waals surface area contributed by atoms with E-state index in [0.717, 1.165) is 17.0 Å². The SMILES string of the molecule is Cc1sc(OC(=O)NCc2ccc(OCCF)cc2)c2c1[C@H]1[C@@H](C2)C1(C)C. The highest BCUT2D eigenvalue weighted by molar-refractivity contribution is 7.14. The molecule has 2 aromatic rings. The smallest absolute Gasteiger partial charge is 0.413 e. The summed E-state index contributed by atoms with van der Waals surface area (Å²) >= 11 is 1.58. The minimum Gasteiger partial charge on any atom is -0.491 e. The van der Waals surface area contributed by atoms with Crippen LogP contribution in [0.5, 0.6) is 10.8 Å². The van der Waals surface area contributed by atoms with E-state index in [2.05, 4.69) is 26.1 Å². The van der Waals surface area contributed by atoms with Crippen molar-refractivity contribution in [3.8, 4) is 10.8 Å². The summed E-state index contributed by atoms with van der Waals surface area (Å²) in [5, 5.41) is 3.54. The van der Waals surface area contributed by atoms with Gasteiger partial charge in [0.2, 0.25) is 0 Å². The Bertz CT molecular complexity index is 859. The first-order valence-electron chi connectivity index (χ1n) is 9.27. The third-order valence-electron chi connectivity index (χ3n) is 5.87. The molecule has 1 aromatic heterocycles. The normalized spacial score (nSPS) is 21.3. The minimum absolute atomic E-state index is 0.0490. The molecule has 144 valence electrons. The van der Waals surface area contributed by atoms with Crippen LogP contribution >= 0.6 is 11.3 Å². The maximum absolute atomic E-state index is 12.2. The van der Waals surface area contributed by atoms with Gasteiger partial charge in [0.05, 0.1) is 0 Å². The van der Waals surface area contributed by atoms with Crippen molar-refractivity contribution in [2.24, 2.45) is 11.3 Å². The molecule has 1 N–H and O–H groups in total. The van der Waals surface area contributed by atoms with Gasteiger partial charge in [0, 0.05) is 17.0 Å². The van der Waals surface area contributed by atoms with E-state index in [0.29, 0.717) is 29.5 Å². The van der Waals surface area contributed by atoms with Crippen LogP contribution in [0.25, 0.3) is 0 Å². The second-order valence-corrected chi connectivity index (χ2v) is 9.06. The first kappa shape index (κ1) is 18.3. The van der Waals surface area contributed by atoms with Crippen molar-refractivity contribution >= 4 is 17.4 Å². The van der Waals surface area contributed by atoms with Crippen molar-refractivity contribution in [3.63, 3.8) is 0 Å². The third-order valence-corrected chi connectivity index (χ3v) is 6.91. The van der Waals surface area contributed by atoms with E-state index in [1.165, 1.54) is 16.0 Å². The average molecular weight is 389 g/mol. The number of benzene rings is 1. The van der Waals surface area contributed by atoms with Crippen LogP contribution in [0.3, 0.4) is 0 Å². The third kappa shape index (κ3) is 3.31. The summed E-state index contributed by atoms with van der Waals surface area (Å²) in [5.41, 5.74) is 3.96. The lowest BCUT2D eigenvalue weighted by Gasteiger charge is -2.10. The molecule has 0 bridgehead atoms. The topological polar surface area (TPSA) is 47.6 Å². The van der Waals surface area contributed by atoms with Gasteiger partial charge in [-0.25, -0.2) is 9.18 Å². The number of hydrogen-bond acceptors (Lipinski definition) is 4. The molecular formula is C21H24FNO3S. The van der Waals surface area contributed by atoms with Crippen molar-refractivity contribution in [1.29, 1.82) is 0 Å². The van der Waals surface area contributed by atoms with Crippen LogP contribution in [0.1, 0.15) is 41.3 Å². The Morgan fingerprint density at radius 1 is 1.33 bits per heavy atom. The summed E-state index contributed by atoms with van der Waals surface area (Å²) in [6.45, 7) is 6.67. The first-order valence-corrected chi connectivity index (χ1v) is 10.1. The summed E-state index contributed by atoms with van der Waals surface area (Å²) in [6, 6.07) is 7.22. The lowest BCUT2D eigenvalue weighted by atomic mass is 9.96. The zero-order chi connectivity index (χ0) is 19.2. The molecule has 1 amide bonds. The van der Waals surface area contributed by atoms with Gasteiger partial charge in [-0.15, -0.1) is 11.3 Å². The summed E-state index contributed by atoms with van der Waals surface area (Å²) < 4.78 is 22.9. The molecule has 2 atom stereocenters. The standard InChI is InChI=1S/C21H24FNO3S/c1-12-17-15(10-16-18(17)21(16,2)3)19(27-12)26-20(24)23-11-13-4-6-14(7-5-13)25-9-8-22/h4-7,16,18H,8-11H2,1-3H3,(H,23,24)/t16-,18-/m1/s1. The van der Waals surface area contributed by atoms with Crippen LogP contribution in [0.2, 0.25) is 0 Å². The Morgan fingerprint density at radius 2 is 2.07 bits per heavy atom. The number of halogens is 1. The predicted octanol–water partition coefficient (Wildman–Crippen LogP) is 4.99. The lowest BCUT2D eigenvalue weighted by molar-refractivity contribution is 0.201. The number of thiophene rings is 1. The number of aryl methyl sites for hydroxylation is 1. The van der Waals surface area contributed by atoms with Crippen LogP contribution in [0, 0.1) is 18.3 Å². The van der Waals surface area contributed by atoms with Crippen molar-refractivity contribution in [1.82, 2.24) is 5.32 Å². The molecule has 0 spiro atoms. The molecule has 27 heavy (non-hydrogen) atoms. The Balaban J connectivity index is 1.33. The predicted molar refractivity (Wildman–Crippen MR) is 104 cm³/mol. The molecule has 4 nitrogen and oxygen atoms in total. The zero-order valence-corrected chi connectivity index (χ0v) is 16.6. The molecule has 0 aliphatic heterocycles. The molecule has 1 fully saturated rings. The zero-order valence-electron chi connectivity index (χ0n) is 15.8. The van der Waals surface area contributed by atoms with E-state index in [9.17, 15) is 9.18 Å². The van der Waals surface area contributed by atoms with E-state index in [-0.39, 0.29) is 6.61 Å². The minimum atomic E-state index is -0.514. The first-order chi connectivity index (χ1) is 12.9. The van der Waals surface area contributed by atoms with Gasteiger partial charge in [-0.05, 0) is 53.9 Å². The number of alkyl halides is 1. The number of amides is 1. The average Bonchev–Trinajstić information content (AvgIpc) is 2.96. The molecule has 0 saturated heterocycles. The summed E-state index contributed by atoms with van der Waals surface area (Å²) in [5.74, 6) is 1.94. The molecule has 2 aliphatic carbocycles. The number of rotatable bonds is 6. The highest BCUT2D eigenvalue weighted by Crippen LogP contribution is 2.72. The maximum atomic E-state index is 12.2. The molecule has 0 unspecified atom stereocenters. The number of carbonyl (C=O) groups excluding carboxylic acids is 1. The van der Waals surface area contributed by atoms with Crippen molar-refractivity contribution < 1.29 is 18.7 Å². The highest BCUT2D eigenvalue weighted by atomic mass is 32.1. The quantitative estimate of drug-likeness (QED) is 0.757. The van der Waals surface area contributed by atoms with Gasteiger partial charge >= 0.3 is 6.09 Å². The van der Waals surface area contributed by atoms with Gasteiger partial charge in [0.1, 0.15) is 19.0 Å². The number of fused-ring (bicyclic) bond motifs is 3. The Labute approximate surface area is 162 Å². The van der Waals surface area contributed by atoms with E-state index in [4.69, 9.17) is 9.47 Å². The Kier molecular flexibility index (Phi) is 4.62. The van der Waals surface area contributed by atoms with Crippen LogP contribution in [-0.2, 0) is 13.0 Å².